The van der Waals surface area contributed by atoms with Crippen molar-refractivity contribution >= 4 is 5.91 Å². The first kappa shape index (κ1) is 19.5. The maximum Gasteiger partial charge on any atom is 0.254 e. The van der Waals surface area contributed by atoms with E-state index in [2.05, 4.69) is 41.4 Å². The fourth-order valence-electron chi connectivity index (χ4n) is 3.50. The number of aromatic nitrogens is 2. The van der Waals surface area contributed by atoms with E-state index in [1.54, 1.807) is 4.90 Å². The predicted molar refractivity (Wildman–Crippen MR) is 105 cm³/mol. The van der Waals surface area contributed by atoms with Gasteiger partial charge in [-0.2, -0.15) is 4.98 Å². The van der Waals surface area contributed by atoms with Gasteiger partial charge < -0.3 is 14.7 Å². The van der Waals surface area contributed by atoms with Gasteiger partial charge in [0.05, 0.1) is 6.54 Å². The van der Waals surface area contributed by atoms with Crippen molar-refractivity contribution in [1.29, 1.82) is 0 Å². The maximum atomic E-state index is 12.9. The van der Waals surface area contributed by atoms with Crippen molar-refractivity contribution in [1.82, 2.24) is 20.4 Å². The predicted octanol–water partition coefficient (Wildman–Crippen LogP) is 3.40. The molecule has 0 aliphatic carbocycles. The number of hydrogen-bond donors (Lipinski definition) is 1. The van der Waals surface area contributed by atoms with Crippen molar-refractivity contribution < 1.29 is 9.32 Å². The molecule has 1 aromatic heterocycles. The molecule has 1 amide bonds. The third kappa shape index (κ3) is 5.16. The summed E-state index contributed by atoms with van der Waals surface area (Å²) < 4.78 is 5.28. The first-order chi connectivity index (χ1) is 13.1. The fourth-order valence-corrected chi connectivity index (χ4v) is 3.50. The van der Waals surface area contributed by atoms with Crippen LogP contribution in [0.15, 0.2) is 28.8 Å². The van der Waals surface area contributed by atoms with Gasteiger partial charge in [-0.1, -0.05) is 31.1 Å². The third-order valence-electron chi connectivity index (χ3n) is 5.02. The summed E-state index contributed by atoms with van der Waals surface area (Å²) in [5.74, 6) is 2.20. The van der Waals surface area contributed by atoms with Crippen LogP contribution >= 0.6 is 0 Å². The smallest absolute Gasteiger partial charge is 0.254 e. The van der Waals surface area contributed by atoms with Crippen LogP contribution in [-0.4, -0.2) is 40.6 Å². The molecule has 1 aromatic carbocycles. The lowest BCUT2D eigenvalue weighted by Gasteiger charge is -2.23. The van der Waals surface area contributed by atoms with Gasteiger partial charge in [-0.3, -0.25) is 4.79 Å². The van der Waals surface area contributed by atoms with Crippen LogP contribution < -0.4 is 5.32 Å². The largest absolute Gasteiger partial charge is 0.339 e. The molecule has 1 atom stereocenters. The zero-order valence-corrected chi connectivity index (χ0v) is 16.6. The molecule has 6 heteroatoms. The molecule has 1 fully saturated rings. The first-order valence-electron chi connectivity index (χ1n) is 9.98. The van der Waals surface area contributed by atoms with Gasteiger partial charge in [0.2, 0.25) is 5.89 Å². The molecule has 2 heterocycles. The van der Waals surface area contributed by atoms with E-state index in [1.165, 1.54) is 18.4 Å². The number of nitrogens with zero attached hydrogens (tertiary/aromatic N) is 3. The molecular weight excluding hydrogens is 340 g/mol. The quantitative estimate of drug-likeness (QED) is 0.809. The highest BCUT2D eigenvalue weighted by Gasteiger charge is 2.19. The summed E-state index contributed by atoms with van der Waals surface area (Å²) in [5.41, 5.74) is 2.01. The average Bonchev–Trinajstić information content (AvgIpc) is 3.12. The second-order valence-electron chi connectivity index (χ2n) is 7.69. The lowest BCUT2D eigenvalue weighted by Crippen LogP contribution is -2.31. The Kier molecular flexibility index (Phi) is 6.61. The molecular formula is C21H30N4O2. The van der Waals surface area contributed by atoms with Crippen LogP contribution in [0.1, 0.15) is 67.2 Å². The lowest BCUT2D eigenvalue weighted by atomic mass is 9.91. The van der Waals surface area contributed by atoms with Crippen LogP contribution in [0.3, 0.4) is 0 Å². The van der Waals surface area contributed by atoms with Crippen LogP contribution in [0.2, 0.25) is 0 Å². The zero-order chi connectivity index (χ0) is 19.2. The monoisotopic (exact) mass is 370 g/mol. The summed E-state index contributed by atoms with van der Waals surface area (Å²) in [6.45, 7) is 9.28. The molecule has 0 bridgehead atoms. The summed E-state index contributed by atoms with van der Waals surface area (Å²) in [7, 11) is 0. The van der Waals surface area contributed by atoms with Crippen molar-refractivity contribution in [2.75, 3.05) is 19.6 Å². The molecule has 0 spiro atoms. The van der Waals surface area contributed by atoms with Gasteiger partial charge in [-0.15, -0.1) is 0 Å². The van der Waals surface area contributed by atoms with E-state index in [9.17, 15) is 4.79 Å². The number of piperidine rings is 1. The second-order valence-corrected chi connectivity index (χ2v) is 7.69. The van der Waals surface area contributed by atoms with E-state index >= 15 is 0 Å². The highest BCUT2D eigenvalue weighted by molar-refractivity contribution is 5.94. The summed E-state index contributed by atoms with van der Waals surface area (Å²) in [4.78, 5) is 19.0. The van der Waals surface area contributed by atoms with Gasteiger partial charge in [0, 0.05) is 25.1 Å². The summed E-state index contributed by atoms with van der Waals surface area (Å²) in [6.07, 6.45) is 3.17. The Bertz CT molecular complexity index is 733. The molecule has 6 nitrogen and oxygen atoms in total. The number of nitrogens with one attached hydrogen (secondary N) is 1. The molecule has 0 unspecified atom stereocenters. The number of hydrogen-bond acceptors (Lipinski definition) is 5. The molecule has 1 aliphatic heterocycles. The minimum atomic E-state index is 0.000953. The maximum absolute atomic E-state index is 12.9. The molecule has 0 saturated carbocycles. The minimum absolute atomic E-state index is 0.000953. The standard InChI is InChI=1S/C21H30N4O2/c1-4-25(14-19-23-20(27-24-19)12-15(2)3)21(26)17-9-7-16(8-10-17)18-6-5-11-22-13-18/h7-10,15,18,22H,4-6,11-14H2,1-3H3/t18-/m0/s1. The Balaban J connectivity index is 1.64. The molecule has 0 radical (unpaired) electrons. The van der Waals surface area contributed by atoms with Gasteiger partial charge in [-0.05, 0) is 55.8 Å². The van der Waals surface area contributed by atoms with Crippen LogP contribution in [0.4, 0.5) is 0 Å². The average molecular weight is 370 g/mol. The van der Waals surface area contributed by atoms with E-state index in [4.69, 9.17) is 4.52 Å². The number of carbonyl (C=O) groups excluding carboxylic acids is 1. The number of amides is 1. The van der Waals surface area contributed by atoms with Crippen LogP contribution in [0.25, 0.3) is 0 Å². The Labute approximate surface area is 161 Å². The summed E-state index contributed by atoms with van der Waals surface area (Å²) >= 11 is 0. The molecule has 1 saturated heterocycles. The zero-order valence-electron chi connectivity index (χ0n) is 16.6. The number of rotatable bonds is 7. The van der Waals surface area contributed by atoms with Crippen molar-refractivity contribution in [2.45, 2.75) is 52.5 Å². The molecule has 1 aliphatic rings. The van der Waals surface area contributed by atoms with E-state index in [-0.39, 0.29) is 5.91 Å². The van der Waals surface area contributed by atoms with E-state index in [0.29, 0.717) is 42.2 Å². The molecule has 27 heavy (non-hydrogen) atoms. The Morgan fingerprint density at radius 1 is 1.33 bits per heavy atom. The first-order valence-corrected chi connectivity index (χ1v) is 9.98. The van der Waals surface area contributed by atoms with Crippen LogP contribution in [-0.2, 0) is 13.0 Å². The number of carbonyl (C=O) groups is 1. The molecule has 146 valence electrons. The van der Waals surface area contributed by atoms with E-state index in [0.717, 1.165) is 19.5 Å². The molecule has 2 aromatic rings. The van der Waals surface area contributed by atoms with Gasteiger partial charge in [0.1, 0.15) is 0 Å². The second kappa shape index (κ2) is 9.13. The van der Waals surface area contributed by atoms with Crippen molar-refractivity contribution in [3.05, 3.63) is 47.1 Å². The van der Waals surface area contributed by atoms with Crippen molar-refractivity contribution in [2.24, 2.45) is 5.92 Å². The normalized spacial score (nSPS) is 17.3. The summed E-state index contributed by atoms with van der Waals surface area (Å²) in [5, 5.41) is 7.46. The lowest BCUT2D eigenvalue weighted by molar-refractivity contribution is 0.0747. The highest BCUT2D eigenvalue weighted by atomic mass is 16.5. The third-order valence-corrected chi connectivity index (χ3v) is 5.02. The Morgan fingerprint density at radius 3 is 2.74 bits per heavy atom. The van der Waals surface area contributed by atoms with Gasteiger partial charge in [-0.25, -0.2) is 0 Å². The van der Waals surface area contributed by atoms with Gasteiger partial charge in [0.25, 0.3) is 5.91 Å². The highest BCUT2D eigenvalue weighted by Crippen LogP contribution is 2.23. The van der Waals surface area contributed by atoms with Crippen LogP contribution in [0.5, 0.6) is 0 Å². The fraction of sp³-hybridized carbons (Fsp3) is 0.571. The molecule has 3 rings (SSSR count). The number of benzene rings is 1. The van der Waals surface area contributed by atoms with Crippen molar-refractivity contribution in [3.63, 3.8) is 0 Å². The van der Waals surface area contributed by atoms with Gasteiger partial charge >= 0.3 is 0 Å². The van der Waals surface area contributed by atoms with E-state index in [1.807, 2.05) is 19.1 Å². The Morgan fingerprint density at radius 2 is 2.11 bits per heavy atom. The topological polar surface area (TPSA) is 71.3 Å². The summed E-state index contributed by atoms with van der Waals surface area (Å²) in [6, 6.07) is 8.06. The van der Waals surface area contributed by atoms with Gasteiger partial charge in [0.15, 0.2) is 5.82 Å². The van der Waals surface area contributed by atoms with Crippen molar-refractivity contribution in [3.8, 4) is 0 Å². The van der Waals surface area contributed by atoms with E-state index < -0.39 is 0 Å². The minimum Gasteiger partial charge on any atom is -0.339 e. The van der Waals surface area contributed by atoms with Crippen LogP contribution in [0, 0.1) is 5.92 Å². The Hall–Kier alpha value is -2.21. The molecule has 1 N–H and O–H groups in total. The SMILES string of the molecule is CCN(Cc1noc(CC(C)C)n1)C(=O)c1ccc([C@H]2CCCNC2)cc1.